The lowest BCUT2D eigenvalue weighted by molar-refractivity contribution is 0.834. The van der Waals surface area contributed by atoms with Gasteiger partial charge >= 0.3 is 0 Å². The van der Waals surface area contributed by atoms with E-state index in [4.69, 9.17) is 5.73 Å². The van der Waals surface area contributed by atoms with Crippen molar-refractivity contribution < 1.29 is 0 Å². The van der Waals surface area contributed by atoms with Crippen LogP contribution in [0.2, 0.25) is 0 Å². The van der Waals surface area contributed by atoms with Crippen LogP contribution >= 0.6 is 0 Å². The maximum atomic E-state index is 5.11. The molecule has 0 amide bonds. The van der Waals surface area contributed by atoms with Crippen molar-refractivity contribution in [1.82, 2.24) is 20.6 Å². The van der Waals surface area contributed by atoms with Gasteiger partial charge in [-0.2, -0.15) is 0 Å². The minimum absolute atomic E-state index is 0.333. The van der Waals surface area contributed by atoms with E-state index in [1.54, 1.807) is 6.92 Å². The molecule has 0 atom stereocenters. The van der Waals surface area contributed by atoms with Gasteiger partial charge < -0.3 is 5.73 Å². The molecule has 5 heteroatoms. The molecule has 1 rings (SSSR count). The van der Waals surface area contributed by atoms with E-state index in [0.717, 1.165) is 5.82 Å². The number of aromatic amines is 1. The number of hydrogen-bond donors (Lipinski definition) is 2. The molecule has 1 heterocycles. The van der Waals surface area contributed by atoms with Crippen LogP contribution in [0.4, 0.5) is 0 Å². The largest absolute Gasteiger partial charge is 0.328 e. The van der Waals surface area contributed by atoms with Crippen molar-refractivity contribution in [3.63, 3.8) is 0 Å². The van der Waals surface area contributed by atoms with E-state index < -0.39 is 0 Å². The summed E-state index contributed by atoms with van der Waals surface area (Å²) in [6.45, 7) is 5.68. The summed E-state index contributed by atoms with van der Waals surface area (Å²) < 4.78 is 0. The molecule has 5 nitrogen and oxygen atoms in total. The van der Waals surface area contributed by atoms with Crippen LogP contribution in [0.1, 0.15) is 19.7 Å². The topological polar surface area (TPSA) is 80.5 Å². The Kier molecular flexibility index (Phi) is 4.39. The number of aromatic nitrogens is 4. The van der Waals surface area contributed by atoms with E-state index in [2.05, 4.69) is 20.6 Å². The lowest BCUT2D eigenvalue weighted by atomic mass is 10.5. The van der Waals surface area contributed by atoms with Gasteiger partial charge in [-0.05, 0) is 23.4 Å². The van der Waals surface area contributed by atoms with Gasteiger partial charge in [0.2, 0.25) is 0 Å². The molecule has 0 aliphatic heterocycles. The minimum atomic E-state index is 0.333. The molecule has 0 aliphatic carbocycles. The summed E-state index contributed by atoms with van der Waals surface area (Å²) in [4.78, 5) is 0. The highest BCUT2D eigenvalue weighted by Gasteiger charge is 1.77. The zero-order valence-corrected chi connectivity index (χ0v) is 6.50. The van der Waals surface area contributed by atoms with Crippen LogP contribution in [-0.2, 0) is 0 Å². The SMILES string of the molecule is CC(C)N.Cc1nnn[nH]1. The maximum Gasteiger partial charge on any atom is 0.145 e. The first kappa shape index (κ1) is 9.03. The molecule has 10 heavy (non-hydrogen) atoms. The molecular weight excluding hydrogens is 130 g/mol. The number of aryl methyl sites for hydroxylation is 1. The molecular formula is C5H13N5. The second-order valence-corrected chi connectivity index (χ2v) is 2.23. The molecule has 0 radical (unpaired) electrons. The molecule has 0 saturated heterocycles. The number of nitrogens with two attached hydrogens (primary N) is 1. The summed E-state index contributed by atoms with van der Waals surface area (Å²) in [5.41, 5.74) is 5.11. The monoisotopic (exact) mass is 143 g/mol. The minimum Gasteiger partial charge on any atom is -0.328 e. The van der Waals surface area contributed by atoms with Crippen LogP contribution in [0, 0.1) is 6.92 Å². The van der Waals surface area contributed by atoms with E-state index in [-0.39, 0.29) is 0 Å². The Labute approximate surface area is 60.0 Å². The Bertz CT molecular complexity index is 142. The van der Waals surface area contributed by atoms with Crippen molar-refractivity contribution in [2.45, 2.75) is 26.8 Å². The number of rotatable bonds is 0. The van der Waals surface area contributed by atoms with E-state index in [1.807, 2.05) is 13.8 Å². The molecule has 0 aromatic carbocycles. The van der Waals surface area contributed by atoms with Gasteiger partial charge in [-0.25, -0.2) is 5.10 Å². The van der Waals surface area contributed by atoms with Crippen molar-refractivity contribution in [3.05, 3.63) is 5.82 Å². The Morgan fingerprint density at radius 1 is 1.50 bits per heavy atom. The van der Waals surface area contributed by atoms with E-state index in [0.29, 0.717) is 6.04 Å². The first-order valence-electron chi connectivity index (χ1n) is 3.09. The number of nitrogens with one attached hydrogen (secondary N) is 1. The Morgan fingerprint density at radius 2 is 2.00 bits per heavy atom. The average Bonchev–Trinajstić information content (AvgIpc) is 2.15. The van der Waals surface area contributed by atoms with Crippen LogP contribution in [0.5, 0.6) is 0 Å². The second kappa shape index (κ2) is 4.87. The summed E-state index contributed by atoms with van der Waals surface area (Å²) >= 11 is 0. The fraction of sp³-hybridized carbons (Fsp3) is 0.800. The molecule has 58 valence electrons. The zero-order chi connectivity index (χ0) is 7.98. The third kappa shape index (κ3) is 7.03. The van der Waals surface area contributed by atoms with E-state index in [9.17, 15) is 0 Å². The predicted molar refractivity (Wildman–Crippen MR) is 38.2 cm³/mol. The Morgan fingerprint density at radius 3 is 2.10 bits per heavy atom. The highest BCUT2D eigenvalue weighted by Crippen LogP contribution is 1.69. The zero-order valence-electron chi connectivity index (χ0n) is 6.50. The number of H-pyrrole nitrogens is 1. The summed E-state index contributed by atoms with van der Waals surface area (Å²) in [5, 5.41) is 12.6. The van der Waals surface area contributed by atoms with Crippen LogP contribution in [0.15, 0.2) is 0 Å². The van der Waals surface area contributed by atoms with Gasteiger partial charge in [0.15, 0.2) is 0 Å². The standard InChI is InChI=1S/C3H9N.C2H4N4/c1-3(2)4;1-2-3-5-6-4-2/h3H,4H2,1-2H3;1H3,(H,3,4,5,6). The van der Waals surface area contributed by atoms with E-state index >= 15 is 0 Å². The first-order valence-corrected chi connectivity index (χ1v) is 3.09. The Balaban J connectivity index is 0.000000180. The molecule has 0 spiro atoms. The quantitative estimate of drug-likeness (QED) is 0.529. The third-order valence-corrected chi connectivity index (χ3v) is 0.451. The van der Waals surface area contributed by atoms with Crippen molar-refractivity contribution in [2.24, 2.45) is 5.73 Å². The van der Waals surface area contributed by atoms with Gasteiger partial charge in [-0.1, -0.05) is 13.8 Å². The fourth-order valence-corrected chi connectivity index (χ4v) is 0.207. The average molecular weight is 143 g/mol. The lowest BCUT2D eigenvalue weighted by Gasteiger charge is -1.81. The first-order chi connectivity index (χ1) is 4.63. The van der Waals surface area contributed by atoms with Crippen LogP contribution < -0.4 is 5.73 Å². The fourth-order valence-electron chi connectivity index (χ4n) is 0.207. The molecule has 0 unspecified atom stereocenters. The third-order valence-electron chi connectivity index (χ3n) is 0.451. The van der Waals surface area contributed by atoms with Gasteiger partial charge in [0.25, 0.3) is 0 Å². The summed E-state index contributed by atoms with van der Waals surface area (Å²) in [5.74, 6) is 0.745. The van der Waals surface area contributed by atoms with Crippen molar-refractivity contribution in [3.8, 4) is 0 Å². The van der Waals surface area contributed by atoms with E-state index in [1.165, 1.54) is 0 Å². The highest BCUT2D eigenvalue weighted by molar-refractivity contribution is 4.63. The van der Waals surface area contributed by atoms with Crippen LogP contribution in [0.3, 0.4) is 0 Å². The maximum absolute atomic E-state index is 5.11. The van der Waals surface area contributed by atoms with Crippen LogP contribution in [0.25, 0.3) is 0 Å². The number of tetrazole rings is 1. The van der Waals surface area contributed by atoms with Gasteiger partial charge in [0.1, 0.15) is 5.82 Å². The van der Waals surface area contributed by atoms with Crippen molar-refractivity contribution in [1.29, 1.82) is 0 Å². The van der Waals surface area contributed by atoms with Gasteiger partial charge in [0, 0.05) is 0 Å². The number of nitrogens with zero attached hydrogens (tertiary/aromatic N) is 3. The second-order valence-electron chi connectivity index (χ2n) is 2.23. The normalized spacial score (nSPS) is 8.90. The summed E-state index contributed by atoms with van der Waals surface area (Å²) in [6.07, 6.45) is 0. The van der Waals surface area contributed by atoms with Crippen molar-refractivity contribution >= 4 is 0 Å². The van der Waals surface area contributed by atoms with Gasteiger partial charge in [-0.3, -0.25) is 0 Å². The molecule has 1 aromatic heterocycles. The molecule has 0 aliphatic rings. The molecule has 1 aromatic rings. The highest BCUT2D eigenvalue weighted by atomic mass is 15.5. The Hall–Kier alpha value is -0.970. The lowest BCUT2D eigenvalue weighted by Crippen LogP contribution is -2.06. The molecule has 3 N–H and O–H groups in total. The summed E-state index contributed by atoms with van der Waals surface area (Å²) in [6, 6.07) is 0.333. The smallest absolute Gasteiger partial charge is 0.145 e. The predicted octanol–water partition coefficient (Wildman–Crippen LogP) is -0.138. The van der Waals surface area contributed by atoms with Crippen molar-refractivity contribution in [2.75, 3.05) is 0 Å². The van der Waals surface area contributed by atoms with Gasteiger partial charge in [-0.15, -0.1) is 5.10 Å². The number of hydrogen-bond acceptors (Lipinski definition) is 4. The molecule has 0 saturated carbocycles. The molecule has 0 bridgehead atoms. The molecule has 0 fully saturated rings. The summed E-state index contributed by atoms with van der Waals surface area (Å²) in [7, 11) is 0. The van der Waals surface area contributed by atoms with Gasteiger partial charge in [0.05, 0.1) is 0 Å². The van der Waals surface area contributed by atoms with Crippen LogP contribution in [-0.4, -0.2) is 26.7 Å².